The van der Waals surface area contributed by atoms with Gasteiger partial charge >= 0.3 is 5.69 Å². The molecule has 1 amide bonds. The van der Waals surface area contributed by atoms with Crippen molar-refractivity contribution < 1.29 is 9.32 Å². The molecule has 0 unspecified atom stereocenters. The quantitative estimate of drug-likeness (QED) is 0.346. The highest BCUT2D eigenvalue weighted by atomic mass is 35.5. The molecule has 0 saturated heterocycles. The van der Waals surface area contributed by atoms with Crippen LogP contribution in [0.5, 0.6) is 0 Å². The number of aromatic nitrogens is 5. The van der Waals surface area contributed by atoms with Crippen molar-refractivity contribution in [3.63, 3.8) is 0 Å². The normalized spacial score (nSPS) is 11.1. The highest BCUT2D eigenvalue weighted by Crippen LogP contribution is 2.27. The average Bonchev–Trinajstić information content (AvgIpc) is 3.18. The molecule has 164 valence electrons. The van der Waals surface area contributed by atoms with Crippen LogP contribution < -0.4 is 16.6 Å². The Bertz CT molecular complexity index is 1480. The second-order valence-electron chi connectivity index (χ2n) is 6.93. The van der Waals surface area contributed by atoms with Gasteiger partial charge in [0.05, 0.1) is 5.75 Å². The number of fused-ring (bicyclic) bond motifs is 1. The number of halogens is 1. The van der Waals surface area contributed by atoms with Gasteiger partial charge in [0.1, 0.15) is 16.2 Å². The van der Waals surface area contributed by atoms with Crippen LogP contribution in [-0.2, 0) is 18.9 Å². The van der Waals surface area contributed by atoms with Gasteiger partial charge < -0.3 is 9.84 Å². The van der Waals surface area contributed by atoms with E-state index in [-0.39, 0.29) is 33.5 Å². The Kier molecular flexibility index (Phi) is 5.85. The third-order valence-corrected chi connectivity index (χ3v) is 5.80. The molecule has 0 aliphatic heterocycles. The molecule has 0 aliphatic carbocycles. The minimum absolute atomic E-state index is 0.0565. The van der Waals surface area contributed by atoms with Crippen molar-refractivity contribution in [2.24, 2.45) is 14.1 Å². The lowest BCUT2D eigenvalue weighted by Gasteiger charge is -2.12. The largest absolute Gasteiger partial charge is 0.360 e. The lowest BCUT2D eigenvalue weighted by molar-refractivity contribution is -0.113. The fourth-order valence-electron chi connectivity index (χ4n) is 3.03. The van der Waals surface area contributed by atoms with Crippen molar-refractivity contribution in [1.29, 1.82) is 0 Å². The number of aryl methyl sites for hydroxylation is 2. The summed E-state index contributed by atoms with van der Waals surface area (Å²) in [5.41, 5.74) is -0.292. The summed E-state index contributed by atoms with van der Waals surface area (Å²) in [6.45, 7) is 1.71. The molecule has 32 heavy (non-hydrogen) atoms. The van der Waals surface area contributed by atoms with Gasteiger partial charge in [-0.1, -0.05) is 40.7 Å². The highest BCUT2D eigenvalue weighted by Gasteiger charge is 2.19. The second-order valence-corrected chi connectivity index (χ2v) is 8.33. The monoisotopic (exact) mass is 472 g/mol. The maximum atomic E-state index is 12.9. The summed E-state index contributed by atoms with van der Waals surface area (Å²) < 4.78 is 7.19. The van der Waals surface area contributed by atoms with Crippen molar-refractivity contribution in [3.05, 3.63) is 62.0 Å². The lowest BCUT2D eigenvalue weighted by atomic mass is 10.2. The predicted octanol–water partition coefficient (Wildman–Crippen LogP) is 2.37. The van der Waals surface area contributed by atoms with E-state index in [1.807, 2.05) is 0 Å². The zero-order valence-electron chi connectivity index (χ0n) is 17.2. The van der Waals surface area contributed by atoms with Crippen LogP contribution in [0.15, 0.2) is 49.5 Å². The molecular weight excluding hydrogens is 456 g/mol. The van der Waals surface area contributed by atoms with Crippen molar-refractivity contribution in [1.82, 2.24) is 24.3 Å². The van der Waals surface area contributed by atoms with Crippen molar-refractivity contribution >= 4 is 46.1 Å². The van der Waals surface area contributed by atoms with Gasteiger partial charge in [-0.3, -0.25) is 18.7 Å². The molecule has 1 aromatic carbocycles. The maximum absolute atomic E-state index is 12.9. The number of hydrogen-bond donors (Lipinski definition) is 1. The number of hydrogen-bond acceptors (Lipinski definition) is 8. The molecule has 0 saturated carbocycles. The molecule has 10 nitrogen and oxygen atoms in total. The van der Waals surface area contributed by atoms with Crippen molar-refractivity contribution in [2.75, 3.05) is 11.1 Å². The van der Waals surface area contributed by atoms with Crippen LogP contribution in [0.2, 0.25) is 5.02 Å². The number of amides is 1. The topological polar surface area (TPSA) is 125 Å². The first-order valence-corrected chi connectivity index (χ1v) is 10.7. The third kappa shape index (κ3) is 4.16. The summed E-state index contributed by atoms with van der Waals surface area (Å²) in [6.07, 6.45) is 0. The molecule has 4 rings (SSSR count). The van der Waals surface area contributed by atoms with Crippen molar-refractivity contribution in [2.45, 2.75) is 11.9 Å². The number of nitrogens with zero attached hydrogens (tertiary/aromatic N) is 5. The van der Waals surface area contributed by atoms with E-state index in [2.05, 4.69) is 20.4 Å². The first-order valence-electron chi connectivity index (χ1n) is 9.34. The van der Waals surface area contributed by atoms with Gasteiger partial charge in [-0.2, -0.15) is 0 Å². The number of thioether (sulfide) groups is 1. The van der Waals surface area contributed by atoms with E-state index in [0.29, 0.717) is 22.2 Å². The number of rotatable bonds is 5. The maximum Gasteiger partial charge on any atom is 0.332 e. The summed E-state index contributed by atoms with van der Waals surface area (Å²) in [5, 5.41) is 7.25. The molecule has 4 aromatic rings. The minimum Gasteiger partial charge on any atom is -0.360 e. The van der Waals surface area contributed by atoms with E-state index in [4.69, 9.17) is 16.1 Å². The summed E-state index contributed by atoms with van der Waals surface area (Å²) in [4.78, 5) is 46.7. The highest BCUT2D eigenvalue weighted by molar-refractivity contribution is 8.00. The first kappa shape index (κ1) is 21.8. The van der Waals surface area contributed by atoms with Crippen LogP contribution in [0.1, 0.15) is 5.76 Å². The molecule has 0 spiro atoms. The Morgan fingerprint density at radius 2 is 1.97 bits per heavy atom. The summed E-state index contributed by atoms with van der Waals surface area (Å²) in [6, 6.07) is 8.49. The van der Waals surface area contributed by atoms with E-state index in [1.54, 1.807) is 37.3 Å². The van der Waals surface area contributed by atoms with Gasteiger partial charge in [-0.25, -0.2) is 14.8 Å². The number of carbonyl (C=O) groups is 1. The molecule has 0 atom stereocenters. The van der Waals surface area contributed by atoms with Crippen LogP contribution in [0, 0.1) is 6.92 Å². The molecule has 3 aromatic heterocycles. The first-order chi connectivity index (χ1) is 15.2. The lowest BCUT2D eigenvalue weighted by Crippen LogP contribution is -2.37. The molecule has 1 N–H and O–H groups in total. The van der Waals surface area contributed by atoms with Crippen LogP contribution >= 0.6 is 23.4 Å². The average molecular weight is 473 g/mol. The van der Waals surface area contributed by atoms with Gasteiger partial charge in [-0.15, -0.1) is 0 Å². The van der Waals surface area contributed by atoms with Gasteiger partial charge in [0.15, 0.2) is 17.3 Å². The van der Waals surface area contributed by atoms with E-state index in [0.717, 1.165) is 16.3 Å². The molecule has 0 fully saturated rings. The van der Waals surface area contributed by atoms with E-state index < -0.39 is 11.2 Å². The Labute approximate surface area is 190 Å². The third-order valence-electron chi connectivity index (χ3n) is 4.59. The molecule has 3 heterocycles. The number of nitrogens with one attached hydrogen (secondary N) is 1. The molecular formula is C20H17ClN6O4S. The summed E-state index contributed by atoms with van der Waals surface area (Å²) in [7, 11) is 2.90. The smallest absolute Gasteiger partial charge is 0.332 e. The molecule has 12 heteroatoms. The van der Waals surface area contributed by atoms with Gasteiger partial charge in [0, 0.05) is 30.7 Å². The second kappa shape index (κ2) is 8.60. The van der Waals surface area contributed by atoms with Gasteiger partial charge in [-0.05, 0) is 19.1 Å². The van der Waals surface area contributed by atoms with Crippen LogP contribution in [0.3, 0.4) is 0 Å². The zero-order chi connectivity index (χ0) is 23.0. The summed E-state index contributed by atoms with van der Waals surface area (Å²) >= 11 is 7.15. The van der Waals surface area contributed by atoms with Crippen LogP contribution in [0.4, 0.5) is 5.82 Å². The van der Waals surface area contributed by atoms with E-state index >= 15 is 0 Å². The van der Waals surface area contributed by atoms with Gasteiger partial charge in [0.2, 0.25) is 5.91 Å². The number of anilines is 1. The Balaban J connectivity index is 1.79. The Hall–Kier alpha value is -3.44. The zero-order valence-corrected chi connectivity index (χ0v) is 18.8. The fraction of sp³-hybridized carbons (Fsp3) is 0.200. The van der Waals surface area contributed by atoms with E-state index in [9.17, 15) is 14.4 Å². The minimum atomic E-state index is -0.546. The van der Waals surface area contributed by atoms with Crippen molar-refractivity contribution in [3.8, 4) is 11.4 Å². The Morgan fingerprint density at radius 1 is 1.19 bits per heavy atom. The van der Waals surface area contributed by atoms with Crippen LogP contribution in [-0.4, -0.2) is 35.9 Å². The fourth-order valence-corrected chi connectivity index (χ4v) is 4.03. The van der Waals surface area contributed by atoms with Gasteiger partial charge in [0.25, 0.3) is 5.56 Å². The standard InChI is InChI=1S/C20H17ClN6O4S/c1-10-7-13(25-31-10)22-14(28)9-32-18-15-17(26(2)20(30)27(3)19(15)29)23-16(24-18)11-5-4-6-12(21)8-11/h4-8H,9H2,1-3H3,(H,22,25,28). The predicted molar refractivity (Wildman–Crippen MR) is 121 cm³/mol. The molecule has 0 radical (unpaired) electrons. The SMILES string of the molecule is Cc1cc(NC(=O)CSc2nc(-c3cccc(Cl)c3)nc3c2c(=O)n(C)c(=O)n3C)no1. The molecule has 0 bridgehead atoms. The summed E-state index contributed by atoms with van der Waals surface area (Å²) in [5.74, 6) is 0.710. The molecule has 0 aliphatic rings. The van der Waals surface area contributed by atoms with Crippen LogP contribution in [0.25, 0.3) is 22.4 Å². The number of benzene rings is 1. The number of carbonyl (C=O) groups excluding carboxylic acids is 1. The Morgan fingerprint density at radius 3 is 2.66 bits per heavy atom. The van der Waals surface area contributed by atoms with E-state index in [1.165, 1.54) is 18.7 Å².